The van der Waals surface area contributed by atoms with Gasteiger partial charge < -0.3 is 29.5 Å². The van der Waals surface area contributed by atoms with Crippen LogP contribution >= 0.6 is 37.9 Å². The van der Waals surface area contributed by atoms with Crippen molar-refractivity contribution < 1.29 is 43.9 Å². The summed E-state index contributed by atoms with van der Waals surface area (Å²) in [4.78, 5) is 34.4. The van der Waals surface area contributed by atoms with E-state index in [-0.39, 0.29) is 6.42 Å². The Hall–Kier alpha value is -0.660. The molecule has 0 heterocycles. The number of carbonyl (C=O) groups is 3. The van der Waals surface area contributed by atoms with E-state index in [0.717, 1.165) is 0 Å². The van der Waals surface area contributed by atoms with Crippen molar-refractivity contribution in [3.63, 3.8) is 0 Å². The molecule has 0 spiro atoms. The lowest BCUT2D eigenvalue weighted by molar-refractivity contribution is -0.411. The molecule has 0 radical (unpaired) electrons. The maximum Gasteiger partial charge on any atom is 0.387 e. The second-order valence-electron chi connectivity index (χ2n) is 4.51. The normalized spacial score (nSPS) is 15.1. The summed E-state index contributed by atoms with van der Waals surface area (Å²) in [5.74, 6) is -7.77. The fourth-order valence-corrected chi connectivity index (χ4v) is 1.92. The topological polar surface area (TPSA) is 140 Å². The number of hydrogen-bond donors (Lipinski definition) is 6. The van der Waals surface area contributed by atoms with Gasteiger partial charge in [0, 0.05) is 0 Å². The van der Waals surface area contributed by atoms with Crippen LogP contribution in [0, 0.1) is 5.41 Å². The quantitative estimate of drug-likeness (QED) is 0.150. The summed E-state index contributed by atoms with van der Waals surface area (Å²) in [7, 11) is 0. The monoisotopic (exact) mass is 404 g/mol. The highest BCUT2D eigenvalue weighted by molar-refractivity contribution is 7.81. The summed E-state index contributed by atoms with van der Waals surface area (Å²) in [6.07, 6.45) is -2.50. The lowest BCUT2D eigenvalue weighted by Crippen LogP contribution is -2.62. The highest BCUT2D eigenvalue weighted by Gasteiger charge is 2.62. The molecule has 0 aromatic rings. The maximum atomic E-state index is 11.5. The Bertz CT molecular complexity index is 435. The third-order valence-electron chi connectivity index (χ3n) is 3.15. The number of ether oxygens (including phenoxy) is 3. The zero-order valence-electron chi connectivity index (χ0n) is 12.7. The SMILES string of the molecule is CCC(CO)(C(O)OC(=O)CS)C(O)(OC(=O)CS)OC(=O)CS. The van der Waals surface area contributed by atoms with E-state index in [1.54, 1.807) is 0 Å². The van der Waals surface area contributed by atoms with Crippen molar-refractivity contribution in [3.05, 3.63) is 0 Å². The number of aliphatic hydroxyl groups is 3. The van der Waals surface area contributed by atoms with Crippen molar-refractivity contribution in [1.29, 1.82) is 0 Å². The molecule has 0 aliphatic carbocycles. The largest absolute Gasteiger partial charge is 0.434 e. The number of hydrogen-bond acceptors (Lipinski definition) is 12. The number of esters is 3. The molecule has 0 saturated carbocycles. The van der Waals surface area contributed by atoms with Gasteiger partial charge in [-0.15, -0.1) is 0 Å². The highest BCUT2D eigenvalue weighted by Crippen LogP contribution is 2.41. The van der Waals surface area contributed by atoms with Gasteiger partial charge in [0.1, 0.15) is 0 Å². The summed E-state index contributed by atoms with van der Waals surface area (Å²) in [6, 6.07) is 0. The molecule has 0 aromatic heterocycles. The third-order valence-corrected chi connectivity index (χ3v) is 3.92. The maximum absolute atomic E-state index is 11.5. The number of aliphatic hydroxyl groups excluding tert-OH is 2. The summed E-state index contributed by atoms with van der Waals surface area (Å²) >= 11 is 11.0. The predicted octanol–water partition coefficient (Wildman–Crippen LogP) is -1.24. The molecule has 0 amide bonds. The van der Waals surface area contributed by atoms with E-state index < -0.39 is 59.5 Å². The van der Waals surface area contributed by atoms with Crippen LogP contribution in [0.15, 0.2) is 0 Å². The van der Waals surface area contributed by atoms with Crippen LogP contribution in [0.4, 0.5) is 0 Å². The lowest BCUT2D eigenvalue weighted by Gasteiger charge is -2.44. The van der Waals surface area contributed by atoms with Gasteiger partial charge in [-0.1, -0.05) is 6.92 Å². The average Bonchev–Trinajstić information content (AvgIpc) is 2.55. The highest BCUT2D eigenvalue weighted by atomic mass is 32.1. The van der Waals surface area contributed by atoms with Crippen LogP contribution < -0.4 is 0 Å². The Kier molecular flexibility index (Phi) is 10.1. The average molecular weight is 404 g/mol. The van der Waals surface area contributed by atoms with Crippen molar-refractivity contribution in [2.45, 2.75) is 25.6 Å². The van der Waals surface area contributed by atoms with Gasteiger partial charge in [-0.3, -0.25) is 14.4 Å². The van der Waals surface area contributed by atoms with Gasteiger partial charge in [0.2, 0.25) is 6.29 Å². The molecule has 2 unspecified atom stereocenters. The van der Waals surface area contributed by atoms with Crippen molar-refractivity contribution in [2.24, 2.45) is 5.41 Å². The first-order valence-electron chi connectivity index (χ1n) is 6.63. The minimum absolute atomic E-state index is 0.319. The van der Waals surface area contributed by atoms with Crippen LogP contribution in [-0.2, 0) is 28.6 Å². The van der Waals surface area contributed by atoms with E-state index in [4.69, 9.17) is 0 Å². The molecule has 0 fully saturated rings. The van der Waals surface area contributed by atoms with E-state index in [2.05, 4.69) is 52.1 Å². The summed E-state index contributed by atoms with van der Waals surface area (Å²) in [6.45, 7) is 0.294. The standard InChI is InChI=1S/C12H20O9S3/c1-2-11(6-13,10(17)19-7(14)3-22)12(18,20-8(15)4-23)21-9(16)5-24/h10,13,17-18,22-24H,2-6H2,1H3. The smallest absolute Gasteiger partial charge is 0.387 e. The second kappa shape index (κ2) is 10.4. The van der Waals surface area contributed by atoms with Gasteiger partial charge in [0.05, 0.1) is 23.9 Å². The molecule has 0 aliphatic heterocycles. The van der Waals surface area contributed by atoms with Gasteiger partial charge >= 0.3 is 23.9 Å². The zero-order chi connectivity index (χ0) is 19.0. The summed E-state index contributed by atoms with van der Waals surface area (Å²) in [5, 5.41) is 30.4. The third kappa shape index (κ3) is 5.43. The van der Waals surface area contributed by atoms with Gasteiger partial charge in [0.25, 0.3) is 0 Å². The van der Waals surface area contributed by atoms with E-state index in [9.17, 15) is 29.7 Å². The first-order valence-corrected chi connectivity index (χ1v) is 8.53. The van der Waals surface area contributed by atoms with Crippen LogP contribution in [0.5, 0.6) is 0 Å². The van der Waals surface area contributed by atoms with Crippen LogP contribution in [0.2, 0.25) is 0 Å². The molecule has 140 valence electrons. The van der Waals surface area contributed by atoms with E-state index in [1.165, 1.54) is 6.92 Å². The Balaban J connectivity index is 5.93. The van der Waals surface area contributed by atoms with E-state index in [1.807, 2.05) is 0 Å². The fraction of sp³-hybridized carbons (Fsp3) is 0.750. The summed E-state index contributed by atoms with van der Waals surface area (Å²) in [5.41, 5.74) is -2.27. The van der Waals surface area contributed by atoms with E-state index >= 15 is 0 Å². The van der Waals surface area contributed by atoms with Crippen LogP contribution in [0.25, 0.3) is 0 Å². The van der Waals surface area contributed by atoms with Crippen molar-refractivity contribution in [1.82, 2.24) is 0 Å². The zero-order valence-corrected chi connectivity index (χ0v) is 15.4. The number of carbonyl (C=O) groups excluding carboxylic acids is 3. The number of rotatable bonds is 10. The molecule has 24 heavy (non-hydrogen) atoms. The van der Waals surface area contributed by atoms with Crippen molar-refractivity contribution >= 4 is 55.8 Å². The molecular formula is C12H20O9S3. The molecule has 0 aromatic carbocycles. The van der Waals surface area contributed by atoms with Crippen LogP contribution in [0.1, 0.15) is 13.3 Å². The predicted molar refractivity (Wildman–Crippen MR) is 90.6 cm³/mol. The molecular weight excluding hydrogens is 384 g/mol. The van der Waals surface area contributed by atoms with E-state index in [0.29, 0.717) is 0 Å². The Morgan fingerprint density at radius 2 is 1.42 bits per heavy atom. The second-order valence-corrected chi connectivity index (χ2v) is 5.46. The Morgan fingerprint density at radius 1 is 1.00 bits per heavy atom. The van der Waals surface area contributed by atoms with Crippen molar-refractivity contribution in [3.8, 4) is 0 Å². The molecule has 12 heteroatoms. The van der Waals surface area contributed by atoms with Gasteiger partial charge in [-0.2, -0.15) is 37.9 Å². The Labute approximate surface area is 154 Å². The molecule has 0 aliphatic rings. The molecule has 0 saturated heterocycles. The van der Waals surface area contributed by atoms with Crippen LogP contribution in [0.3, 0.4) is 0 Å². The number of thiol groups is 3. The minimum atomic E-state index is -3.13. The minimum Gasteiger partial charge on any atom is -0.434 e. The summed E-state index contributed by atoms with van der Waals surface area (Å²) < 4.78 is 14.0. The first kappa shape index (κ1) is 23.3. The van der Waals surface area contributed by atoms with Gasteiger partial charge in [-0.05, 0) is 6.42 Å². The van der Waals surface area contributed by atoms with Crippen LogP contribution in [-0.4, -0.2) is 69.4 Å². The molecule has 2 atom stereocenters. The Morgan fingerprint density at radius 3 is 1.71 bits per heavy atom. The molecule has 0 bridgehead atoms. The first-order chi connectivity index (χ1) is 11.2. The molecule has 0 rings (SSSR count). The fourth-order valence-electron chi connectivity index (χ4n) is 1.72. The molecule has 9 nitrogen and oxygen atoms in total. The van der Waals surface area contributed by atoms with Gasteiger partial charge in [-0.25, -0.2) is 0 Å². The van der Waals surface area contributed by atoms with Gasteiger partial charge in [0.15, 0.2) is 5.41 Å². The molecule has 3 N–H and O–H groups in total. The lowest BCUT2D eigenvalue weighted by atomic mass is 9.81. The van der Waals surface area contributed by atoms with Crippen molar-refractivity contribution in [2.75, 3.05) is 23.9 Å².